The van der Waals surface area contributed by atoms with Crippen molar-refractivity contribution >= 4 is 55.2 Å². The SMILES string of the molecule is O=c1oc2ccc(Br)cc2cc1-c1cnc(N2N=C3/C(=C/c4ccccc4)CCC[C@@H]3[C@H]2c2ccccc2)s1. The lowest BCUT2D eigenvalue weighted by molar-refractivity contribution is 0.487. The maximum atomic E-state index is 12.9. The minimum Gasteiger partial charge on any atom is -0.422 e. The lowest BCUT2D eigenvalue weighted by Gasteiger charge is -2.29. The minimum absolute atomic E-state index is 0.0450. The normalized spacial score (nSPS) is 19.9. The summed E-state index contributed by atoms with van der Waals surface area (Å²) in [7, 11) is 0. The number of aromatic nitrogens is 1. The van der Waals surface area contributed by atoms with Crippen molar-refractivity contribution in [3.05, 3.63) is 123 Å². The van der Waals surface area contributed by atoms with Crippen molar-refractivity contribution in [1.82, 2.24) is 4.98 Å². The summed E-state index contributed by atoms with van der Waals surface area (Å²) in [6.07, 6.45) is 7.25. The highest BCUT2D eigenvalue weighted by Gasteiger charge is 2.42. The molecule has 5 aromatic rings. The number of allylic oxidation sites excluding steroid dienone is 1. The highest BCUT2D eigenvalue weighted by atomic mass is 79.9. The van der Waals surface area contributed by atoms with Crippen LogP contribution in [0.3, 0.4) is 0 Å². The number of hydrogen-bond acceptors (Lipinski definition) is 6. The first-order valence-electron chi connectivity index (χ1n) is 13.0. The molecule has 5 nitrogen and oxygen atoms in total. The van der Waals surface area contributed by atoms with Gasteiger partial charge in [0.2, 0.25) is 5.13 Å². The van der Waals surface area contributed by atoms with E-state index in [-0.39, 0.29) is 17.6 Å². The number of nitrogens with zero attached hydrogens (tertiary/aromatic N) is 3. The van der Waals surface area contributed by atoms with Crippen LogP contribution in [-0.2, 0) is 0 Å². The largest absolute Gasteiger partial charge is 0.422 e. The Kier molecular flexibility index (Phi) is 6.25. The first kappa shape index (κ1) is 24.2. The van der Waals surface area contributed by atoms with Crippen LogP contribution in [0.4, 0.5) is 5.13 Å². The fourth-order valence-electron chi connectivity index (χ4n) is 5.65. The zero-order valence-electron chi connectivity index (χ0n) is 21.0. The first-order valence-corrected chi connectivity index (χ1v) is 14.6. The predicted molar refractivity (Wildman–Crippen MR) is 162 cm³/mol. The molecule has 1 aliphatic heterocycles. The fraction of sp³-hybridized carbons (Fsp3) is 0.156. The molecule has 0 saturated heterocycles. The van der Waals surface area contributed by atoms with Gasteiger partial charge in [-0.2, -0.15) is 5.10 Å². The molecule has 0 N–H and O–H groups in total. The Balaban J connectivity index is 1.32. The van der Waals surface area contributed by atoms with Crippen LogP contribution in [-0.4, -0.2) is 10.7 Å². The summed E-state index contributed by atoms with van der Waals surface area (Å²) in [5.74, 6) is 0.270. The molecule has 1 saturated carbocycles. The second-order valence-electron chi connectivity index (χ2n) is 9.90. The Bertz CT molecular complexity index is 1790. The Labute approximate surface area is 238 Å². The summed E-state index contributed by atoms with van der Waals surface area (Å²) in [5.41, 5.74) is 5.55. The van der Waals surface area contributed by atoms with Crippen molar-refractivity contribution in [1.29, 1.82) is 0 Å². The van der Waals surface area contributed by atoms with Gasteiger partial charge in [0.05, 0.1) is 22.2 Å². The molecule has 2 aromatic heterocycles. The van der Waals surface area contributed by atoms with E-state index in [4.69, 9.17) is 14.5 Å². The van der Waals surface area contributed by atoms with E-state index < -0.39 is 0 Å². The van der Waals surface area contributed by atoms with Gasteiger partial charge in [0.25, 0.3) is 0 Å². The second kappa shape index (κ2) is 10.1. The van der Waals surface area contributed by atoms with Crippen LogP contribution in [0.2, 0.25) is 0 Å². The minimum atomic E-state index is -0.367. The highest BCUT2D eigenvalue weighted by molar-refractivity contribution is 9.10. The zero-order chi connectivity index (χ0) is 26.3. The lowest BCUT2D eigenvalue weighted by Crippen LogP contribution is -2.27. The van der Waals surface area contributed by atoms with Gasteiger partial charge < -0.3 is 4.42 Å². The van der Waals surface area contributed by atoms with E-state index in [1.165, 1.54) is 28.0 Å². The third-order valence-electron chi connectivity index (χ3n) is 7.43. The van der Waals surface area contributed by atoms with Crippen LogP contribution in [0.15, 0.2) is 115 Å². The molecule has 0 spiro atoms. The van der Waals surface area contributed by atoms with Crippen molar-refractivity contribution < 1.29 is 4.42 Å². The molecule has 7 rings (SSSR count). The van der Waals surface area contributed by atoms with E-state index in [0.29, 0.717) is 11.1 Å². The number of fused-ring (bicyclic) bond motifs is 2. The summed E-state index contributed by atoms with van der Waals surface area (Å²) in [6, 6.07) is 28.6. The molecule has 2 atom stereocenters. The molecule has 1 aliphatic carbocycles. The highest BCUT2D eigenvalue weighted by Crippen LogP contribution is 2.47. The summed E-state index contributed by atoms with van der Waals surface area (Å²) in [5, 5.41) is 8.94. The van der Waals surface area contributed by atoms with E-state index in [0.717, 1.165) is 44.8 Å². The third-order valence-corrected chi connectivity index (χ3v) is 8.95. The summed E-state index contributed by atoms with van der Waals surface area (Å²) in [6.45, 7) is 0. The van der Waals surface area contributed by atoms with Crippen LogP contribution in [0.25, 0.3) is 27.5 Å². The molecule has 192 valence electrons. The average molecular weight is 595 g/mol. The first-order chi connectivity index (χ1) is 19.1. The molecule has 0 bridgehead atoms. The molecule has 0 amide bonds. The standard InChI is InChI=1S/C32H24BrN3O2S/c33-24-14-15-27-23(17-24)18-26(31(37)38-27)28-19-34-32(39-28)36-30(21-10-5-2-6-11-21)25-13-7-12-22(29(25)35-36)16-20-8-3-1-4-9-20/h1-6,8-11,14-19,25,30H,7,12-13H2/b22-16+/t25-,30+/m0/s1. The van der Waals surface area contributed by atoms with E-state index in [1.54, 1.807) is 12.3 Å². The maximum absolute atomic E-state index is 12.9. The van der Waals surface area contributed by atoms with Crippen LogP contribution in [0.5, 0.6) is 0 Å². The van der Waals surface area contributed by atoms with Crippen LogP contribution >= 0.6 is 27.3 Å². The molecule has 1 fully saturated rings. The van der Waals surface area contributed by atoms with Gasteiger partial charge in [0.15, 0.2) is 0 Å². The number of anilines is 1. The zero-order valence-corrected chi connectivity index (χ0v) is 23.4. The van der Waals surface area contributed by atoms with Crippen molar-refractivity contribution in [3.8, 4) is 10.4 Å². The van der Waals surface area contributed by atoms with Gasteiger partial charge in [0, 0.05) is 22.0 Å². The number of rotatable bonds is 4. The molecule has 3 aromatic carbocycles. The molecular formula is C32H24BrN3O2S. The van der Waals surface area contributed by atoms with E-state index in [9.17, 15) is 4.79 Å². The molecule has 2 aliphatic rings. The van der Waals surface area contributed by atoms with E-state index >= 15 is 0 Å². The van der Waals surface area contributed by atoms with Gasteiger partial charge in [-0.15, -0.1) is 0 Å². The number of hydrazone groups is 1. The molecule has 7 heteroatoms. The Hall–Kier alpha value is -3.81. The van der Waals surface area contributed by atoms with Crippen molar-refractivity contribution in [3.63, 3.8) is 0 Å². The summed E-state index contributed by atoms with van der Waals surface area (Å²) in [4.78, 5) is 18.5. The number of thiazole rings is 1. The Morgan fingerprint density at radius 3 is 2.62 bits per heavy atom. The summed E-state index contributed by atoms with van der Waals surface area (Å²) < 4.78 is 6.56. The molecule has 0 unspecified atom stereocenters. The summed E-state index contributed by atoms with van der Waals surface area (Å²) >= 11 is 4.99. The van der Waals surface area contributed by atoms with Gasteiger partial charge in [-0.1, -0.05) is 87.9 Å². The van der Waals surface area contributed by atoms with Crippen molar-refractivity contribution in [2.75, 3.05) is 5.01 Å². The van der Waals surface area contributed by atoms with Crippen LogP contribution < -0.4 is 10.6 Å². The number of halogens is 1. The van der Waals surface area contributed by atoms with Crippen LogP contribution in [0.1, 0.15) is 36.4 Å². The molecule has 3 heterocycles. The topological polar surface area (TPSA) is 58.7 Å². The maximum Gasteiger partial charge on any atom is 0.345 e. The van der Waals surface area contributed by atoms with Crippen molar-refractivity contribution in [2.24, 2.45) is 11.0 Å². The fourth-order valence-corrected chi connectivity index (χ4v) is 6.94. The predicted octanol–water partition coefficient (Wildman–Crippen LogP) is 8.48. The average Bonchev–Trinajstić information content (AvgIpc) is 3.60. The molecule has 39 heavy (non-hydrogen) atoms. The lowest BCUT2D eigenvalue weighted by atomic mass is 9.77. The third kappa shape index (κ3) is 4.56. The second-order valence-corrected chi connectivity index (χ2v) is 11.8. The molecular weight excluding hydrogens is 570 g/mol. The number of benzene rings is 3. The van der Waals surface area contributed by atoms with E-state index in [2.05, 4.69) is 75.5 Å². The van der Waals surface area contributed by atoms with Crippen LogP contribution in [0, 0.1) is 5.92 Å². The van der Waals surface area contributed by atoms with Crippen molar-refractivity contribution in [2.45, 2.75) is 25.3 Å². The van der Waals surface area contributed by atoms with Gasteiger partial charge in [-0.3, -0.25) is 0 Å². The monoisotopic (exact) mass is 593 g/mol. The quantitative estimate of drug-likeness (QED) is 0.196. The Morgan fingerprint density at radius 2 is 1.79 bits per heavy atom. The molecule has 0 radical (unpaired) electrons. The Morgan fingerprint density at radius 1 is 1.00 bits per heavy atom. The van der Waals surface area contributed by atoms with E-state index in [1.807, 2.05) is 30.3 Å². The van der Waals surface area contributed by atoms with Gasteiger partial charge in [-0.25, -0.2) is 14.8 Å². The van der Waals surface area contributed by atoms with Gasteiger partial charge in [0.1, 0.15) is 5.58 Å². The smallest absolute Gasteiger partial charge is 0.345 e. The van der Waals surface area contributed by atoms with Gasteiger partial charge >= 0.3 is 5.63 Å². The van der Waals surface area contributed by atoms with Gasteiger partial charge in [-0.05, 0) is 66.3 Å². The number of hydrogen-bond donors (Lipinski definition) is 0.